The Kier molecular flexibility index (Phi) is 5.10. The SMILES string of the molecule is COc1c(F)ccc(N(N)C(=O)NN)c1/C=C/c1cccs1. The summed E-state index contributed by atoms with van der Waals surface area (Å²) in [6, 6.07) is 5.60. The van der Waals surface area contributed by atoms with Crippen LogP contribution in [0.25, 0.3) is 12.2 Å². The fraction of sp³-hybridized carbons (Fsp3) is 0.0714. The van der Waals surface area contributed by atoms with Crippen LogP contribution in [0, 0.1) is 5.82 Å². The van der Waals surface area contributed by atoms with Crippen molar-refractivity contribution in [2.24, 2.45) is 11.7 Å². The lowest BCUT2D eigenvalue weighted by molar-refractivity contribution is 0.246. The molecule has 6 nitrogen and oxygen atoms in total. The molecule has 22 heavy (non-hydrogen) atoms. The minimum atomic E-state index is -0.737. The lowest BCUT2D eigenvalue weighted by atomic mass is 10.1. The molecule has 116 valence electrons. The van der Waals surface area contributed by atoms with Gasteiger partial charge in [0, 0.05) is 10.4 Å². The van der Waals surface area contributed by atoms with Gasteiger partial charge in [-0.25, -0.2) is 25.9 Å². The predicted molar refractivity (Wildman–Crippen MR) is 85.6 cm³/mol. The molecule has 2 rings (SSSR count). The Morgan fingerprint density at radius 2 is 2.18 bits per heavy atom. The van der Waals surface area contributed by atoms with Crippen molar-refractivity contribution in [2.45, 2.75) is 0 Å². The second-order valence-electron chi connectivity index (χ2n) is 4.18. The Morgan fingerprint density at radius 1 is 1.41 bits per heavy atom. The van der Waals surface area contributed by atoms with Crippen LogP contribution in [0.15, 0.2) is 29.6 Å². The van der Waals surface area contributed by atoms with Crippen molar-refractivity contribution in [3.8, 4) is 5.75 Å². The van der Waals surface area contributed by atoms with Gasteiger partial charge < -0.3 is 4.74 Å². The van der Waals surface area contributed by atoms with E-state index in [1.807, 2.05) is 22.9 Å². The highest BCUT2D eigenvalue weighted by Crippen LogP contribution is 2.33. The largest absolute Gasteiger partial charge is 0.493 e. The normalized spacial score (nSPS) is 10.7. The van der Waals surface area contributed by atoms with E-state index < -0.39 is 11.8 Å². The van der Waals surface area contributed by atoms with Crippen LogP contribution in [0.3, 0.4) is 0 Å². The summed E-state index contributed by atoms with van der Waals surface area (Å²) in [6.45, 7) is 0. The quantitative estimate of drug-likeness (QED) is 0.457. The van der Waals surface area contributed by atoms with Crippen LogP contribution < -0.4 is 26.9 Å². The highest BCUT2D eigenvalue weighted by Gasteiger charge is 2.19. The Balaban J connectivity index is 2.51. The topological polar surface area (TPSA) is 93.6 Å². The first-order valence-electron chi connectivity index (χ1n) is 6.22. The molecule has 5 N–H and O–H groups in total. The third-order valence-electron chi connectivity index (χ3n) is 2.89. The summed E-state index contributed by atoms with van der Waals surface area (Å²) < 4.78 is 19.0. The highest BCUT2D eigenvalue weighted by molar-refractivity contribution is 7.10. The van der Waals surface area contributed by atoms with Crippen LogP contribution in [0.5, 0.6) is 5.75 Å². The number of thiophene rings is 1. The first-order valence-corrected chi connectivity index (χ1v) is 7.10. The molecule has 0 saturated heterocycles. The zero-order valence-corrected chi connectivity index (χ0v) is 12.6. The van der Waals surface area contributed by atoms with E-state index in [0.717, 1.165) is 9.89 Å². The number of hydrazine groups is 2. The van der Waals surface area contributed by atoms with Crippen LogP contribution in [0.2, 0.25) is 0 Å². The Hall–Kier alpha value is -2.42. The molecule has 1 aromatic carbocycles. The average Bonchev–Trinajstić information content (AvgIpc) is 3.04. The maximum Gasteiger partial charge on any atom is 0.350 e. The summed E-state index contributed by atoms with van der Waals surface area (Å²) in [7, 11) is 1.34. The molecule has 0 saturated carbocycles. The van der Waals surface area contributed by atoms with E-state index >= 15 is 0 Å². The van der Waals surface area contributed by atoms with Crippen molar-refractivity contribution < 1.29 is 13.9 Å². The molecule has 0 spiro atoms. The van der Waals surface area contributed by atoms with Gasteiger partial charge in [0.25, 0.3) is 0 Å². The van der Waals surface area contributed by atoms with E-state index in [4.69, 9.17) is 16.4 Å². The summed E-state index contributed by atoms with van der Waals surface area (Å²) >= 11 is 1.52. The molecule has 0 aliphatic heterocycles. The number of methoxy groups -OCH3 is 1. The number of amides is 2. The van der Waals surface area contributed by atoms with E-state index in [1.54, 1.807) is 12.2 Å². The predicted octanol–water partition coefficient (Wildman–Crippen LogP) is 2.33. The number of hydrogen-bond donors (Lipinski definition) is 3. The highest BCUT2D eigenvalue weighted by atomic mass is 32.1. The zero-order chi connectivity index (χ0) is 16.1. The second-order valence-corrected chi connectivity index (χ2v) is 5.16. The van der Waals surface area contributed by atoms with Crippen molar-refractivity contribution in [3.63, 3.8) is 0 Å². The van der Waals surface area contributed by atoms with Crippen molar-refractivity contribution in [2.75, 3.05) is 12.1 Å². The molecule has 8 heteroatoms. The fourth-order valence-electron chi connectivity index (χ4n) is 1.87. The first-order chi connectivity index (χ1) is 10.6. The van der Waals surface area contributed by atoms with Gasteiger partial charge in [-0.05, 0) is 35.7 Å². The monoisotopic (exact) mass is 322 g/mol. The third-order valence-corrected chi connectivity index (χ3v) is 3.73. The molecule has 0 unspecified atom stereocenters. The van der Waals surface area contributed by atoms with Crippen molar-refractivity contribution in [1.82, 2.24) is 5.43 Å². The summed E-state index contributed by atoms with van der Waals surface area (Å²) in [6.07, 6.45) is 3.41. The van der Waals surface area contributed by atoms with Crippen LogP contribution in [-0.2, 0) is 0 Å². The minimum absolute atomic E-state index is 0.00872. The van der Waals surface area contributed by atoms with E-state index in [1.165, 1.54) is 30.6 Å². The standard InChI is InChI=1S/C14H15FN4O2S/c1-21-13-10(5-4-9-3-2-8-22-9)12(7-6-11(13)15)19(17)14(20)18-16/h2-8H,16-17H2,1H3,(H,18,20)/b5-4+. The van der Waals surface area contributed by atoms with E-state index in [9.17, 15) is 9.18 Å². The van der Waals surface area contributed by atoms with Gasteiger partial charge >= 0.3 is 6.03 Å². The molecule has 2 amide bonds. The van der Waals surface area contributed by atoms with E-state index in [2.05, 4.69) is 0 Å². The number of benzene rings is 1. The number of nitrogens with one attached hydrogen (secondary N) is 1. The van der Waals surface area contributed by atoms with Gasteiger partial charge in [0.1, 0.15) is 0 Å². The molecule has 0 aliphatic carbocycles. The Morgan fingerprint density at radius 3 is 2.77 bits per heavy atom. The smallest absolute Gasteiger partial charge is 0.350 e. The van der Waals surface area contributed by atoms with Gasteiger partial charge in [-0.3, -0.25) is 5.43 Å². The van der Waals surface area contributed by atoms with Crippen molar-refractivity contribution in [1.29, 1.82) is 0 Å². The lowest BCUT2D eigenvalue weighted by Crippen LogP contribution is -2.48. The molecule has 0 fully saturated rings. The van der Waals surface area contributed by atoms with Crippen LogP contribution in [0.1, 0.15) is 10.4 Å². The lowest BCUT2D eigenvalue weighted by Gasteiger charge is -2.20. The number of carbonyl (C=O) groups excluding carboxylic acids is 1. The van der Waals surface area contributed by atoms with Crippen LogP contribution in [-0.4, -0.2) is 13.1 Å². The molecule has 0 bridgehead atoms. The average molecular weight is 322 g/mol. The second kappa shape index (κ2) is 7.03. The van der Waals surface area contributed by atoms with Crippen LogP contribution in [0.4, 0.5) is 14.9 Å². The number of nitrogens with two attached hydrogens (primary N) is 2. The molecule has 2 aromatic rings. The molecule has 1 heterocycles. The Bertz CT molecular complexity index is 688. The van der Waals surface area contributed by atoms with Crippen molar-refractivity contribution in [3.05, 3.63) is 45.9 Å². The van der Waals surface area contributed by atoms with Gasteiger partial charge in [-0.1, -0.05) is 6.07 Å². The molecular formula is C14H15FN4O2S. The van der Waals surface area contributed by atoms with Crippen molar-refractivity contribution >= 4 is 35.2 Å². The maximum atomic E-state index is 13.9. The molecule has 0 aliphatic rings. The van der Waals surface area contributed by atoms with Gasteiger partial charge in [0.15, 0.2) is 11.6 Å². The molecule has 0 radical (unpaired) electrons. The maximum absolute atomic E-state index is 13.9. The van der Waals surface area contributed by atoms with Gasteiger partial charge in [0.05, 0.1) is 12.8 Å². The number of carbonyl (C=O) groups is 1. The fourth-order valence-corrected chi connectivity index (χ4v) is 2.49. The Labute approximate surface area is 130 Å². The first kappa shape index (κ1) is 16.0. The number of rotatable bonds is 4. The van der Waals surface area contributed by atoms with E-state index in [0.29, 0.717) is 5.56 Å². The van der Waals surface area contributed by atoms with Crippen LogP contribution >= 0.6 is 11.3 Å². The minimum Gasteiger partial charge on any atom is -0.493 e. The summed E-state index contributed by atoms with van der Waals surface area (Å²) in [4.78, 5) is 12.6. The van der Waals surface area contributed by atoms with Gasteiger partial charge in [-0.2, -0.15) is 0 Å². The van der Waals surface area contributed by atoms with E-state index in [-0.39, 0.29) is 11.4 Å². The number of hydrogen-bond acceptors (Lipinski definition) is 5. The number of anilines is 1. The number of nitrogens with zero attached hydrogens (tertiary/aromatic N) is 1. The number of urea groups is 1. The third kappa shape index (κ3) is 3.25. The number of ether oxygens (including phenoxy) is 1. The summed E-state index contributed by atoms with van der Waals surface area (Å²) in [5, 5.41) is 2.70. The molecule has 1 aromatic heterocycles. The van der Waals surface area contributed by atoms with Gasteiger partial charge in [0.2, 0.25) is 0 Å². The molecular weight excluding hydrogens is 307 g/mol. The summed E-state index contributed by atoms with van der Waals surface area (Å²) in [5.74, 6) is 10.2. The molecule has 0 atom stereocenters. The zero-order valence-electron chi connectivity index (χ0n) is 11.7. The number of halogens is 1. The summed E-state index contributed by atoms with van der Waals surface area (Å²) in [5.41, 5.74) is 2.51. The van der Waals surface area contributed by atoms with Gasteiger partial charge in [-0.15, -0.1) is 11.3 Å².